The number of alkyl halides is 2. The molecule has 0 aromatic heterocycles. The zero-order valence-corrected chi connectivity index (χ0v) is 20.4. The van der Waals surface area contributed by atoms with Gasteiger partial charge < -0.3 is 19.7 Å². The van der Waals surface area contributed by atoms with Gasteiger partial charge in [0.25, 0.3) is 5.91 Å². The van der Waals surface area contributed by atoms with Gasteiger partial charge in [-0.1, -0.05) is 60.7 Å². The van der Waals surface area contributed by atoms with Gasteiger partial charge in [0.2, 0.25) is 5.91 Å². The van der Waals surface area contributed by atoms with Crippen molar-refractivity contribution in [2.75, 3.05) is 0 Å². The lowest BCUT2D eigenvalue weighted by Crippen LogP contribution is -2.38. The van der Waals surface area contributed by atoms with E-state index in [1.165, 1.54) is 41.3 Å². The first-order valence-electron chi connectivity index (χ1n) is 12.2. The predicted molar refractivity (Wildman–Crippen MR) is 135 cm³/mol. The van der Waals surface area contributed by atoms with E-state index in [0.717, 1.165) is 16.7 Å². The third kappa shape index (κ3) is 4.67. The average molecular weight is 531 g/mol. The van der Waals surface area contributed by atoms with Gasteiger partial charge in [-0.15, -0.1) is 8.78 Å². The Bertz CT molecular complexity index is 1590. The van der Waals surface area contributed by atoms with E-state index in [9.17, 15) is 22.8 Å². The maximum Gasteiger partial charge on any atom is 0.586 e. The summed E-state index contributed by atoms with van der Waals surface area (Å²) in [6.07, 6.45) is -3.75. The van der Waals surface area contributed by atoms with Gasteiger partial charge in [0.1, 0.15) is 11.9 Å². The van der Waals surface area contributed by atoms with Crippen LogP contribution in [0.4, 0.5) is 13.2 Å². The van der Waals surface area contributed by atoms with Gasteiger partial charge in [-0.25, -0.2) is 4.39 Å². The molecule has 9 heteroatoms. The Hall–Kier alpha value is -4.79. The minimum absolute atomic E-state index is 0.0369. The SMILES string of the molecule is O=C(NCc1ccc2c(c1)OC(F)(F)O2)C1c2cc(F)ccc2C(=O)N1Cc1ccccc1-c1ccccc1. The van der Waals surface area contributed by atoms with Crippen LogP contribution in [0.25, 0.3) is 11.1 Å². The van der Waals surface area contributed by atoms with Crippen LogP contribution >= 0.6 is 0 Å². The Morgan fingerprint density at radius 1 is 0.872 bits per heavy atom. The highest BCUT2D eigenvalue weighted by atomic mass is 19.3. The number of nitrogens with zero attached hydrogens (tertiary/aromatic N) is 1. The summed E-state index contributed by atoms with van der Waals surface area (Å²) in [4.78, 5) is 28.4. The fourth-order valence-electron chi connectivity index (χ4n) is 4.97. The zero-order chi connectivity index (χ0) is 27.1. The lowest BCUT2D eigenvalue weighted by atomic mass is 9.99. The van der Waals surface area contributed by atoms with Gasteiger partial charge >= 0.3 is 6.29 Å². The van der Waals surface area contributed by atoms with Crippen molar-refractivity contribution >= 4 is 11.8 Å². The van der Waals surface area contributed by atoms with Crippen LogP contribution in [0.3, 0.4) is 0 Å². The number of amides is 2. The smallest absolute Gasteiger partial charge is 0.395 e. The third-order valence-corrected chi connectivity index (χ3v) is 6.73. The Labute approximate surface area is 221 Å². The molecule has 4 aromatic rings. The number of carbonyl (C=O) groups excluding carboxylic acids is 2. The molecule has 196 valence electrons. The highest BCUT2D eigenvalue weighted by Gasteiger charge is 2.44. The third-order valence-electron chi connectivity index (χ3n) is 6.73. The molecule has 0 saturated heterocycles. The van der Waals surface area contributed by atoms with Gasteiger partial charge in [-0.2, -0.15) is 0 Å². The normalized spacial score (nSPS) is 16.7. The minimum atomic E-state index is -3.75. The highest BCUT2D eigenvalue weighted by Crippen LogP contribution is 2.41. The Morgan fingerprint density at radius 3 is 2.44 bits per heavy atom. The Morgan fingerprint density at radius 2 is 1.62 bits per heavy atom. The largest absolute Gasteiger partial charge is 0.586 e. The number of halogens is 3. The van der Waals surface area contributed by atoms with Gasteiger partial charge in [-0.3, -0.25) is 9.59 Å². The average Bonchev–Trinajstić information content (AvgIpc) is 3.38. The van der Waals surface area contributed by atoms with E-state index in [-0.39, 0.29) is 35.7 Å². The second-order valence-corrected chi connectivity index (χ2v) is 9.26. The molecule has 6 rings (SSSR count). The standard InChI is InChI=1S/C30H21F3N2O4/c31-21-11-12-23-24(15-21)27(28(36)34-16-18-10-13-25-26(14-18)39-30(32,33)38-25)35(29(23)37)17-20-8-4-5-9-22(20)19-6-2-1-3-7-19/h1-15,27H,16-17H2,(H,34,36). The molecule has 2 aliphatic heterocycles. The van der Waals surface area contributed by atoms with E-state index in [1.807, 2.05) is 54.6 Å². The van der Waals surface area contributed by atoms with Crippen molar-refractivity contribution in [2.45, 2.75) is 25.4 Å². The van der Waals surface area contributed by atoms with Crippen molar-refractivity contribution < 1.29 is 32.2 Å². The van der Waals surface area contributed by atoms with Crippen molar-refractivity contribution in [3.63, 3.8) is 0 Å². The fraction of sp³-hybridized carbons (Fsp3) is 0.133. The number of ether oxygens (including phenoxy) is 2. The molecule has 1 atom stereocenters. The Balaban J connectivity index is 1.28. The predicted octanol–water partition coefficient (Wildman–Crippen LogP) is 5.83. The number of nitrogens with one attached hydrogen (secondary N) is 1. The first-order valence-corrected chi connectivity index (χ1v) is 12.2. The van der Waals surface area contributed by atoms with Crippen LogP contribution < -0.4 is 14.8 Å². The van der Waals surface area contributed by atoms with Crippen LogP contribution in [0, 0.1) is 5.82 Å². The summed E-state index contributed by atoms with van der Waals surface area (Å²) in [5.41, 5.74) is 3.68. The number of hydrogen-bond acceptors (Lipinski definition) is 4. The van der Waals surface area contributed by atoms with E-state index in [4.69, 9.17) is 0 Å². The first kappa shape index (κ1) is 24.5. The lowest BCUT2D eigenvalue weighted by Gasteiger charge is -2.26. The van der Waals surface area contributed by atoms with E-state index in [2.05, 4.69) is 14.8 Å². The summed E-state index contributed by atoms with van der Waals surface area (Å²) >= 11 is 0. The molecule has 0 spiro atoms. The maximum atomic E-state index is 14.3. The van der Waals surface area contributed by atoms with Crippen molar-refractivity contribution in [3.8, 4) is 22.6 Å². The van der Waals surface area contributed by atoms with Crippen molar-refractivity contribution in [1.82, 2.24) is 10.2 Å². The molecule has 2 aliphatic rings. The zero-order valence-electron chi connectivity index (χ0n) is 20.4. The summed E-state index contributed by atoms with van der Waals surface area (Å²) in [5, 5.41) is 2.76. The number of fused-ring (bicyclic) bond motifs is 2. The van der Waals surface area contributed by atoms with E-state index in [1.54, 1.807) is 0 Å². The number of hydrogen-bond donors (Lipinski definition) is 1. The second kappa shape index (κ2) is 9.50. The summed E-state index contributed by atoms with van der Waals surface area (Å²) in [6, 6.07) is 24.1. The molecule has 0 aliphatic carbocycles. The monoisotopic (exact) mass is 530 g/mol. The Kier molecular flexibility index (Phi) is 5.98. The summed E-state index contributed by atoms with van der Waals surface area (Å²) in [5.74, 6) is -1.74. The molecule has 0 fully saturated rings. The molecule has 39 heavy (non-hydrogen) atoms. The maximum absolute atomic E-state index is 14.3. The number of benzene rings is 4. The summed E-state index contributed by atoms with van der Waals surface area (Å²) in [7, 11) is 0. The fourth-order valence-corrected chi connectivity index (χ4v) is 4.97. The van der Waals surface area contributed by atoms with Gasteiger partial charge in [0, 0.05) is 18.7 Å². The molecule has 2 heterocycles. The van der Waals surface area contributed by atoms with Crippen molar-refractivity contribution in [1.29, 1.82) is 0 Å². The molecule has 6 nitrogen and oxygen atoms in total. The van der Waals surface area contributed by atoms with Gasteiger partial charge in [0.05, 0.1) is 0 Å². The van der Waals surface area contributed by atoms with E-state index in [0.29, 0.717) is 5.56 Å². The van der Waals surface area contributed by atoms with Gasteiger partial charge in [0.15, 0.2) is 11.5 Å². The van der Waals surface area contributed by atoms with Crippen LogP contribution in [-0.4, -0.2) is 23.0 Å². The van der Waals surface area contributed by atoms with Crippen LogP contribution in [0.5, 0.6) is 11.5 Å². The number of rotatable bonds is 6. The molecular formula is C30H21F3N2O4. The van der Waals surface area contributed by atoms with Crippen molar-refractivity contribution in [2.24, 2.45) is 0 Å². The quantitative estimate of drug-likeness (QED) is 0.341. The van der Waals surface area contributed by atoms with Crippen LogP contribution in [0.2, 0.25) is 0 Å². The minimum Gasteiger partial charge on any atom is -0.395 e. The van der Waals surface area contributed by atoms with Gasteiger partial charge in [-0.05, 0) is 58.1 Å². The van der Waals surface area contributed by atoms with Crippen LogP contribution in [0.15, 0.2) is 91.0 Å². The number of carbonyl (C=O) groups is 2. The molecule has 1 N–H and O–H groups in total. The lowest BCUT2D eigenvalue weighted by molar-refractivity contribution is -0.286. The van der Waals surface area contributed by atoms with E-state index < -0.39 is 30.0 Å². The molecule has 1 unspecified atom stereocenters. The molecule has 0 radical (unpaired) electrons. The molecule has 0 saturated carbocycles. The molecular weight excluding hydrogens is 509 g/mol. The first-order chi connectivity index (χ1) is 18.8. The second-order valence-electron chi connectivity index (χ2n) is 9.26. The highest BCUT2D eigenvalue weighted by molar-refractivity contribution is 6.04. The summed E-state index contributed by atoms with van der Waals surface area (Å²) in [6.45, 7) is 0.0716. The topological polar surface area (TPSA) is 67.9 Å². The van der Waals surface area contributed by atoms with E-state index >= 15 is 0 Å². The summed E-state index contributed by atoms with van der Waals surface area (Å²) < 4.78 is 49.9. The van der Waals surface area contributed by atoms with Crippen LogP contribution in [-0.2, 0) is 17.9 Å². The molecule has 4 aromatic carbocycles. The van der Waals surface area contributed by atoms with Crippen LogP contribution in [0.1, 0.15) is 33.1 Å². The molecule has 0 bridgehead atoms. The molecule has 2 amide bonds. The van der Waals surface area contributed by atoms with Crippen molar-refractivity contribution in [3.05, 3.63) is 119 Å².